The van der Waals surface area contributed by atoms with Gasteiger partial charge in [0.25, 0.3) is 5.91 Å². The highest BCUT2D eigenvalue weighted by atomic mass is 32.1. The number of pyridine rings is 1. The Balaban J connectivity index is 1.41. The Morgan fingerprint density at radius 2 is 1.53 bits per heavy atom. The number of rotatable bonds is 7. The van der Waals surface area contributed by atoms with Gasteiger partial charge in [0.05, 0.1) is 18.7 Å². The second-order valence-corrected chi connectivity index (χ2v) is 8.97. The molecule has 0 aliphatic heterocycles. The molecule has 8 heteroatoms. The van der Waals surface area contributed by atoms with Gasteiger partial charge >= 0.3 is 0 Å². The molecule has 2 aromatic heterocycles. The van der Waals surface area contributed by atoms with Gasteiger partial charge in [-0.3, -0.25) is 25.4 Å². The van der Waals surface area contributed by atoms with Crippen molar-refractivity contribution in [2.45, 2.75) is 20.3 Å². The van der Waals surface area contributed by atoms with Gasteiger partial charge in [0.15, 0.2) is 0 Å². The van der Waals surface area contributed by atoms with Crippen molar-refractivity contribution in [3.63, 3.8) is 0 Å². The normalized spacial score (nSPS) is 10.5. The number of hydrogen-bond acceptors (Lipinski definition) is 6. The van der Waals surface area contributed by atoms with E-state index in [2.05, 4.69) is 21.2 Å². The van der Waals surface area contributed by atoms with Crippen molar-refractivity contribution in [1.82, 2.24) is 20.8 Å². The number of nitrogens with zero attached hydrogens (tertiary/aromatic N) is 2. The van der Waals surface area contributed by atoms with E-state index in [-0.39, 0.29) is 24.8 Å². The van der Waals surface area contributed by atoms with Gasteiger partial charge in [0.1, 0.15) is 5.01 Å². The minimum atomic E-state index is -0.340. The Hall–Kier alpha value is -4.04. The number of aromatic nitrogens is 2. The summed E-state index contributed by atoms with van der Waals surface area (Å²) in [6.07, 6.45) is 3.55. The summed E-state index contributed by atoms with van der Waals surface area (Å²) >= 11 is 1.45. The van der Waals surface area contributed by atoms with Crippen LogP contribution in [0.2, 0.25) is 0 Å². The fourth-order valence-electron chi connectivity index (χ4n) is 3.25. The molecule has 0 aliphatic carbocycles. The molecule has 4 aromatic rings. The van der Waals surface area contributed by atoms with E-state index < -0.39 is 0 Å². The van der Waals surface area contributed by atoms with Crippen LogP contribution in [0, 0.1) is 13.8 Å². The van der Waals surface area contributed by atoms with Crippen LogP contribution in [0.5, 0.6) is 0 Å². The van der Waals surface area contributed by atoms with E-state index in [0.717, 1.165) is 43.5 Å². The minimum absolute atomic E-state index is 0.0453. The Bertz CT molecular complexity index is 1270. The van der Waals surface area contributed by atoms with Crippen LogP contribution in [0.1, 0.15) is 16.0 Å². The van der Waals surface area contributed by atoms with Gasteiger partial charge in [-0.2, -0.15) is 0 Å². The summed E-state index contributed by atoms with van der Waals surface area (Å²) < 4.78 is 0. The molecule has 2 aromatic carbocycles. The molecule has 0 saturated carbocycles. The lowest BCUT2D eigenvalue weighted by molar-refractivity contribution is -0.127. The van der Waals surface area contributed by atoms with E-state index in [4.69, 9.17) is 4.98 Å². The molecule has 0 aliphatic rings. The summed E-state index contributed by atoms with van der Waals surface area (Å²) in [6.45, 7) is 4.07. The summed E-state index contributed by atoms with van der Waals surface area (Å²) in [7, 11) is 0. The summed E-state index contributed by atoms with van der Waals surface area (Å²) in [5, 5.41) is 3.81. The lowest BCUT2D eigenvalue weighted by Gasteiger charge is -2.09. The van der Waals surface area contributed by atoms with Crippen molar-refractivity contribution >= 4 is 28.8 Å². The zero-order valence-electron chi connectivity index (χ0n) is 19.0. The summed E-state index contributed by atoms with van der Waals surface area (Å²) in [4.78, 5) is 34.6. The lowest BCUT2D eigenvalue weighted by atomic mass is 10.1. The fourth-order valence-corrected chi connectivity index (χ4v) is 4.32. The number of aryl methyl sites for hydroxylation is 2. The molecular weight excluding hydrogens is 446 g/mol. The fraction of sp³-hybridized carbons (Fsp3) is 0.154. The summed E-state index contributed by atoms with van der Waals surface area (Å²) in [6, 6.07) is 19.5. The van der Waals surface area contributed by atoms with Gasteiger partial charge in [0.2, 0.25) is 5.91 Å². The minimum Gasteiger partial charge on any atom is -0.376 e. The zero-order chi connectivity index (χ0) is 23.9. The molecule has 7 nitrogen and oxygen atoms in total. The molecule has 2 heterocycles. The third kappa shape index (κ3) is 6.05. The van der Waals surface area contributed by atoms with E-state index in [1.165, 1.54) is 11.3 Å². The van der Waals surface area contributed by atoms with Gasteiger partial charge in [0, 0.05) is 34.1 Å². The van der Waals surface area contributed by atoms with Gasteiger partial charge in [-0.1, -0.05) is 47.5 Å². The first-order chi connectivity index (χ1) is 16.5. The zero-order valence-corrected chi connectivity index (χ0v) is 19.8. The maximum absolute atomic E-state index is 12.6. The molecule has 3 N–H and O–H groups in total. The molecule has 0 atom stereocenters. The molecular formula is C26H25N5O2S. The Kier molecular flexibility index (Phi) is 7.29. The quantitative estimate of drug-likeness (QED) is 0.350. The average molecular weight is 472 g/mol. The number of thiazole rings is 1. The molecule has 0 radical (unpaired) electrons. The number of hydrazine groups is 1. The highest BCUT2D eigenvalue weighted by Crippen LogP contribution is 2.34. The topological polar surface area (TPSA) is 96.0 Å². The number of amides is 2. The predicted molar refractivity (Wildman–Crippen MR) is 135 cm³/mol. The maximum atomic E-state index is 12.6. The van der Waals surface area contributed by atoms with Crippen LogP contribution in [0.25, 0.3) is 21.8 Å². The first-order valence-electron chi connectivity index (χ1n) is 10.8. The number of nitrogens with one attached hydrogen (secondary N) is 3. The third-order valence-corrected chi connectivity index (χ3v) is 6.20. The van der Waals surface area contributed by atoms with Crippen LogP contribution in [0.3, 0.4) is 0 Å². The number of hydrogen-bond donors (Lipinski definition) is 3. The highest BCUT2D eigenvalue weighted by Gasteiger charge is 2.17. The van der Waals surface area contributed by atoms with Gasteiger partial charge in [-0.25, -0.2) is 4.98 Å². The number of carbonyl (C=O) groups excluding carboxylic acids is 2. The molecule has 0 bridgehead atoms. The van der Waals surface area contributed by atoms with Crippen molar-refractivity contribution in [2.24, 2.45) is 0 Å². The van der Waals surface area contributed by atoms with Gasteiger partial charge in [-0.15, -0.1) is 11.3 Å². The predicted octanol–water partition coefficient (Wildman–Crippen LogP) is 4.29. The Morgan fingerprint density at radius 3 is 2.21 bits per heavy atom. The average Bonchev–Trinajstić information content (AvgIpc) is 3.27. The SMILES string of the molecule is Cc1ccc(NCC(=O)NNC(=O)Cc2sc(-c3cccnc3)nc2-c2ccc(C)cc2)cc1. The van der Waals surface area contributed by atoms with Crippen LogP contribution in [0.4, 0.5) is 5.69 Å². The molecule has 4 rings (SSSR count). The summed E-state index contributed by atoms with van der Waals surface area (Å²) in [5.74, 6) is -0.661. The van der Waals surface area contributed by atoms with Gasteiger partial charge < -0.3 is 5.32 Å². The van der Waals surface area contributed by atoms with E-state index in [0.29, 0.717) is 0 Å². The standard InChI is InChI=1S/C26H25N5O2S/c1-17-5-9-19(10-6-17)25-22(34-26(29-25)20-4-3-13-27-15-20)14-23(32)30-31-24(33)16-28-21-11-7-18(2)8-12-21/h3-13,15,28H,14,16H2,1-2H3,(H,30,32)(H,31,33). The van der Waals surface area contributed by atoms with Crippen molar-refractivity contribution in [2.75, 3.05) is 11.9 Å². The lowest BCUT2D eigenvalue weighted by Crippen LogP contribution is -2.44. The maximum Gasteiger partial charge on any atom is 0.257 e. The van der Waals surface area contributed by atoms with E-state index in [1.54, 1.807) is 12.4 Å². The number of carbonyl (C=O) groups is 2. The molecule has 172 valence electrons. The third-order valence-electron chi connectivity index (χ3n) is 5.10. The molecule has 0 unspecified atom stereocenters. The van der Waals surface area contributed by atoms with Crippen molar-refractivity contribution in [3.05, 3.63) is 89.1 Å². The second kappa shape index (κ2) is 10.7. The molecule has 0 spiro atoms. The second-order valence-electron chi connectivity index (χ2n) is 7.89. The van der Waals surface area contributed by atoms with Crippen molar-refractivity contribution in [3.8, 4) is 21.8 Å². The monoisotopic (exact) mass is 471 g/mol. The number of anilines is 1. The molecule has 0 fully saturated rings. The number of benzene rings is 2. The van der Waals surface area contributed by atoms with Crippen molar-refractivity contribution < 1.29 is 9.59 Å². The Labute approximate surface area is 202 Å². The van der Waals surface area contributed by atoms with Crippen LogP contribution >= 0.6 is 11.3 Å². The summed E-state index contributed by atoms with van der Waals surface area (Å²) in [5.41, 5.74) is 10.7. The first kappa shape index (κ1) is 23.1. The highest BCUT2D eigenvalue weighted by molar-refractivity contribution is 7.15. The van der Waals surface area contributed by atoms with Crippen molar-refractivity contribution in [1.29, 1.82) is 0 Å². The smallest absolute Gasteiger partial charge is 0.257 e. The largest absolute Gasteiger partial charge is 0.376 e. The van der Waals surface area contributed by atoms with Crippen LogP contribution in [-0.4, -0.2) is 28.3 Å². The molecule has 2 amide bonds. The van der Waals surface area contributed by atoms with E-state index in [1.807, 2.05) is 74.5 Å². The van der Waals surface area contributed by atoms with Gasteiger partial charge in [-0.05, 0) is 38.1 Å². The Morgan fingerprint density at radius 1 is 0.853 bits per heavy atom. The van der Waals surface area contributed by atoms with Crippen LogP contribution < -0.4 is 16.2 Å². The van der Waals surface area contributed by atoms with E-state index >= 15 is 0 Å². The van der Waals surface area contributed by atoms with E-state index in [9.17, 15) is 9.59 Å². The molecule has 0 saturated heterocycles. The van der Waals surface area contributed by atoms with Crippen LogP contribution in [0.15, 0.2) is 73.1 Å². The first-order valence-corrected chi connectivity index (χ1v) is 11.6. The van der Waals surface area contributed by atoms with Crippen LogP contribution in [-0.2, 0) is 16.0 Å². The molecule has 34 heavy (non-hydrogen) atoms.